The Morgan fingerprint density at radius 3 is 1.27 bits per heavy atom. The molecule has 0 spiro atoms. The summed E-state index contributed by atoms with van der Waals surface area (Å²) in [4.78, 5) is 65.8. The summed E-state index contributed by atoms with van der Waals surface area (Å²) in [7, 11) is 19.7. The summed E-state index contributed by atoms with van der Waals surface area (Å²) in [5.41, 5.74) is 4.84. The van der Waals surface area contributed by atoms with Crippen LogP contribution in [0.1, 0.15) is 116 Å². The summed E-state index contributed by atoms with van der Waals surface area (Å²) in [6, 6.07) is 32.4. The molecule has 0 radical (unpaired) electrons. The number of benzene rings is 6. The van der Waals surface area contributed by atoms with Crippen molar-refractivity contribution >= 4 is 23.8 Å². The van der Waals surface area contributed by atoms with Crippen molar-refractivity contribution in [3.8, 4) is 69.0 Å². The molecule has 0 N–H and O–H groups in total. The van der Waals surface area contributed by atoms with E-state index in [1.54, 1.807) is 76.7 Å². The Morgan fingerprint density at radius 2 is 0.850 bits per heavy atom. The van der Waals surface area contributed by atoms with E-state index in [0.717, 1.165) is 61.0 Å². The quantitative estimate of drug-likeness (QED) is 0.0330. The number of methoxy groups -OCH3 is 10. The van der Waals surface area contributed by atoms with Crippen molar-refractivity contribution in [2.45, 2.75) is 114 Å². The predicted molar refractivity (Wildman–Crippen MR) is 380 cm³/mol. The van der Waals surface area contributed by atoms with Crippen LogP contribution in [0.25, 0.3) is 0 Å². The van der Waals surface area contributed by atoms with E-state index in [4.69, 9.17) is 66.3 Å². The zero-order chi connectivity index (χ0) is 71.7. The first-order chi connectivity index (χ1) is 48.5. The van der Waals surface area contributed by atoms with Gasteiger partial charge in [0.2, 0.25) is 23.3 Å². The Balaban J connectivity index is 0.874. The molecule has 542 valence electrons. The molecule has 2 saturated heterocycles. The van der Waals surface area contributed by atoms with Gasteiger partial charge in [0.1, 0.15) is 49.0 Å². The molecule has 2 aliphatic heterocycles. The molecule has 2 heterocycles. The van der Waals surface area contributed by atoms with E-state index in [2.05, 4.69) is 23.9 Å². The van der Waals surface area contributed by atoms with Gasteiger partial charge in [-0.25, -0.2) is 9.59 Å². The summed E-state index contributed by atoms with van der Waals surface area (Å²) >= 11 is 0. The number of likely N-dealkylation sites (tertiary alicyclic amines) is 2. The van der Waals surface area contributed by atoms with Crippen LogP contribution in [0.3, 0.4) is 0 Å². The number of piperidine rings is 2. The van der Waals surface area contributed by atoms with Gasteiger partial charge in [-0.15, -0.1) is 0 Å². The normalized spacial score (nSPS) is 15.4. The van der Waals surface area contributed by atoms with Crippen LogP contribution >= 0.6 is 0 Å². The van der Waals surface area contributed by atoms with Gasteiger partial charge in [-0.05, 0) is 191 Å². The number of hydrogen-bond acceptors (Lipinski definition) is 20. The van der Waals surface area contributed by atoms with Crippen LogP contribution in [0.2, 0.25) is 0 Å². The van der Waals surface area contributed by atoms with Crippen molar-refractivity contribution in [1.82, 2.24) is 19.6 Å². The lowest BCUT2D eigenvalue weighted by molar-refractivity contribution is -0.162. The van der Waals surface area contributed by atoms with Gasteiger partial charge in [0.25, 0.3) is 0 Å². The number of nitrogens with zero attached hydrogens (tertiary/aromatic N) is 4. The van der Waals surface area contributed by atoms with Gasteiger partial charge in [-0.3, -0.25) is 9.59 Å². The minimum Gasteiger partial charge on any atom is -0.493 e. The number of ether oxygens (including phenoxy) is 14. The lowest BCUT2D eigenvalue weighted by atomic mass is 9.91. The van der Waals surface area contributed by atoms with E-state index in [9.17, 15) is 19.2 Å². The molecule has 0 unspecified atom stereocenters. The third kappa shape index (κ3) is 20.2. The zero-order valence-electron chi connectivity index (χ0n) is 60.6. The Kier molecular flexibility index (Phi) is 29.3. The van der Waals surface area contributed by atoms with Gasteiger partial charge in [-0.2, -0.15) is 0 Å². The zero-order valence-corrected chi connectivity index (χ0v) is 60.6. The highest BCUT2D eigenvalue weighted by atomic mass is 16.6. The molecule has 22 nitrogen and oxygen atoms in total. The number of hydrogen-bond donors (Lipinski definition) is 0. The third-order valence-corrected chi connectivity index (χ3v) is 18.6. The van der Waals surface area contributed by atoms with Crippen molar-refractivity contribution < 1.29 is 85.5 Å². The minimum atomic E-state index is -0.789. The second kappa shape index (κ2) is 38.3. The van der Waals surface area contributed by atoms with Gasteiger partial charge in [0.05, 0.1) is 83.4 Å². The van der Waals surface area contributed by atoms with Crippen LogP contribution in [0.4, 0.5) is 0 Å². The second-order valence-corrected chi connectivity index (χ2v) is 25.0. The summed E-state index contributed by atoms with van der Waals surface area (Å²) in [6.07, 6.45) is 5.13. The monoisotopic (exact) mass is 1380 g/mol. The Labute approximate surface area is 589 Å². The summed E-state index contributed by atoms with van der Waals surface area (Å²) in [5.74, 6) is 4.44. The van der Waals surface area contributed by atoms with Crippen LogP contribution in [0, 0.1) is 0 Å². The topological polar surface area (TPSA) is 210 Å². The molecule has 0 aliphatic carbocycles. The van der Waals surface area contributed by atoms with E-state index in [1.807, 2.05) is 91.9 Å². The predicted octanol–water partition coefficient (Wildman–Crippen LogP) is 11.7. The average Bonchev–Trinajstić information content (AvgIpc) is 0.811. The van der Waals surface area contributed by atoms with Crippen molar-refractivity contribution in [2.24, 2.45) is 0 Å². The summed E-state index contributed by atoms with van der Waals surface area (Å²) < 4.78 is 81.6. The van der Waals surface area contributed by atoms with Crippen LogP contribution in [0.5, 0.6) is 69.0 Å². The van der Waals surface area contributed by atoms with Crippen LogP contribution in [-0.4, -0.2) is 193 Å². The number of carbonyl (C=O) groups excluding carboxylic acids is 4. The van der Waals surface area contributed by atoms with Gasteiger partial charge in [-0.1, -0.05) is 43.3 Å². The molecule has 0 aromatic heterocycles. The fourth-order valence-electron chi connectivity index (χ4n) is 13.0. The van der Waals surface area contributed by atoms with Crippen LogP contribution in [0.15, 0.2) is 109 Å². The molecule has 2 aliphatic rings. The second-order valence-electron chi connectivity index (χ2n) is 25.0. The lowest BCUT2D eigenvalue weighted by Gasteiger charge is -2.37. The largest absolute Gasteiger partial charge is 0.493 e. The summed E-state index contributed by atoms with van der Waals surface area (Å²) in [5, 5.41) is 0. The number of amides is 2. The molecule has 22 heteroatoms. The number of rotatable bonds is 38. The fraction of sp³-hybridized carbons (Fsp3) is 0.487. The van der Waals surface area contributed by atoms with Gasteiger partial charge in [0.15, 0.2) is 46.0 Å². The van der Waals surface area contributed by atoms with E-state index in [-0.39, 0.29) is 18.2 Å². The third-order valence-electron chi connectivity index (χ3n) is 18.6. The van der Waals surface area contributed by atoms with Crippen LogP contribution in [-0.2, 0) is 47.9 Å². The number of likely N-dealkylation sites (N-methyl/N-ethyl adjacent to an activating group) is 2. The molecule has 8 rings (SSSR count). The molecule has 6 aromatic rings. The van der Waals surface area contributed by atoms with E-state index in [0.29, 0.717) is 164 Å². The molecule has 5 atom stereocenters. The molecular formula is C78H102N4O18. The standard InChI is InChI=1S/C78H102N4O18/c1-14-60(57-50-71(93-10)75(96-13)72(51-57)94-11)76(84)82-36-18-16-26-62(82)78(86)100-64(32-28-53-30-34-66(88-5)68(44-53)90-7)56-22-20-24-59(49-56)98-42-40-80(3)38-37-79(2)39-41-97-58-23-19-21-55(48-58)63(31-27-52-29-33-65(87-4)67(43-52)89-6)99-77(85)61-25-15-17-35-81(61)73(83)47-54-45-69(91-8)74(95-12)70(46-54)92-9/h19-24,29-30,33-34,43-46,48-51,60-64H,14-18,25-28,31-32,35-42,47H2,1-13H3/t60-,61-,62-,63+,64+/m0/s1. The first-order valence-electron chi connectivity index (χ1n) is 34.4. The maximum Gasteiger partial charge on any atom is 0.329 e. The first-order valence-corrected chi connectivity index (χ1v) is 34.4. The Morgan fingerprint density at radius 1 is 0.440 bits per heavy atom. The molecule has 0 bridgehead atoms. The SMILES string of the molecule is CC[C@H](C(=O)N1CCCC[C@H]1C(=O)O[C@H](CCc1ccc(OC)c(OC)c1)c1cccc(OCCN(C)CCN(C)CCOc2cccc([C@@H](CCc3ccc(OC)c(OC)c3)OC(=O)[C@@H]3CCCCN3C(=O)Cc3cc(OC)c(OC)c(OC)c3)c2)c1)c1cc(OC)c(OC)c(OC)c1. The van der Waals surface area contributed by atoms with E-state index < -0.39 is 42.1 Å². The number of carbonyl (C=O) groups is 4. The molecule has 100 heavy (non-hydrogen) atoms. The Bertz CT molecular complexity index is 3590. The lowest BCUT2D eigenvalue weighted by Crippen LogP contribution is -2.50. The van der Waals surface area contributed by atoms with E-state index in [1.165, 1.54) is 28.4 Å². The summed E-state index contributed by atoms with van der Waals surface area (Å²) in [6.45, 7) is 6.39. The van der Waals surface area contributed by atoms with Crippen LogP contribution < -0.4 is 56.8 Å². The van der Waals surface area contributed by atoms with Crippen molar-refractivity contribution in [2.75, 3.05) is 138 Å². The van der Waals surface area contributed by atoms with Gasteiger partial charge in [0, 0.05) is 39.3 Å². The van der Waals surface area contributed by atoms with Gasteiger partial charge >= 0.3 is 11.9 Å². The molecule has 0 saturated carbocycles. The smallest absolute Gasteiger partial charge is 0.329 e. The van der Waals surface area contributed by atoms with Crippen molar-refractivity contribution in [1.29, 1.82) is 0 Å². The van der Waals surface area contributed by atoms with Crippen molar-refractivity contribution in [3.63, 3.8) is 0 Å². The first kappa shape index (κ1) is 76.5. The highest BCUT2D eigenvalue weighted by molar-refractivity contribution is 5.89. The maximum atomic E-state index is 14.7. The molecule has 2 amide bonds. The number of esters is 2. The highest BCUT2D eigenvalue weighted by Gasteiger charge is 2.39. The minimum absolute atomic E-state index is 0.0210. The fourth-order valence-corrected chi connectivity index (χ4v) is 13.0. The maximum absolute atomic E-state index is 14.7. The molecular weight excluding hydrogens is 1280 g/mol. The Hall–Kier alpha value is -9.28. The van der Waals surface area contributed by atoms with Crippen molar-refractivity contribution in [3.05, 3.63) is 143 Å². The molecule has 2 fully saturated rings. The van der Waals surface area contributed by atoms with Gasteiger partial charge < -0.3 is 85.9 Å². The van der Waals surface area contributed by atoms with E-state index >= 15 is 0 Å². The average molecular weight is 1380 g/mol. The number of aryl methyl sites for hydroxylation is 2. The highest BCUT2D eigenvalue weighted by Crippen LogP contribution is 2.43. The molecule has 6 aromatic carbocycles.